The summed E-state index contributed by atoms with van der Waals surface area (Å²) < 4.78 is 5.93. The Morgan fingerprint density at radius 1 is 1.18 bits per heavy atom. The fraction of sp³-hybridized carbons (Fsp3) is 0.733. The van der Waals surface area contributed by atoms with E-state index in [1.165, 1.54) is 0 Å². The minimum absolute atomic E-state index is 0.176. The fourth-order valence-corrected chi connectivity index (χ4v) is 1.79. The van der Waals surface area contributed by atoms with Crippen molar-refractivity contribution >= 4 is 0 Å². The van der Waals surface area contributed by atoms with Gasteiger partial charge in [-0.05, 0) is 47.1 Å². The Labute approximate surface area is 107 Å². The molecule has 2 atom stereocenters. The van der Waals surface area contributed by atoms with Crippen molar-refractivity contribution in [3.63, 3.8) is 0 Å². The van der Waals surface area contributed by atoms with Gasteiger partial charge in [0.05, 0.1) is 12.2 Å². The van der Waals surface area contributed by atoms with Gasteiger partial charge in [0.25, 0.3) is 0 Å². The average Bonchev–Trinajstić information content (AvgIpc) is 2.28. The second-order valence-corrected chi connectivity index (χ2v) is 4.50. The lowest BCUT2D eigenvalue weighted by atomic mass is 10.1. The maximum Gasteiger partial charge on any atom is 0.0912 e. The van der Waals surface area contributed by atoms with E-state index in [1.54, 1.807) is 0 Å². The number of hydrogen-bond donors (Lipinski definition) is 1. The molecule has 2 unspecified atom stereocenters. The predicted molar refractivity (Wildman–Crippen MR) is 76.3 cm³/mol. The highest BCUT2D eigenvalue weighted by atomic mass is 16.5. The topological polar surface area (TPSA) is 21.3 Å². The molecule has 0 aliphatic heterocycles. The summed E-state index contributed by atoms with van der Waals surface area (Å²) in [4.78, 5) is 0. The summed E-state index contributed by atoms with van der Waals surface area (Å²) in [7, 11) is 0. The van der Waals surface area contributed by atoms with Gasteiger partial charge in [0.15, 0.2) is 0 Å². The van der Waals surface area contributed by atoms with Gasteiger partial charge < -0.3 is 10.1 Å². The molecule has 0 aromatic carbocycles. The van der Waals surface area contributed by atoms with Crippen LogP contribution in [0, 0.1) is 0 Å². The molecule has 0 rings (SSSR count). The van der Waals surface area contributed by atoms with Gasteiger partial charge in [-0.15, -0.1) is 0 Å². The van der Waals surface area contributed by atoms with E-state index in [4.69, 9.17) is 4.74 Å². The Bertz CT molecular complexity index is 221. The van der Waals surface area contributed by atoms with Crippen LogP contribution in [0.25, 0.3) is 0 Å². The molecule has 0 saturated carbocycles. The molecular weight excluding hydrogens is 210 g/mol. The molecule has 0 amide bonds. The van der Waals surface area contributed by atoms with Gasteiger partial charge in [0.1, 0.15) is 0 Å². The molecule has 0 radical (unpaired) electrons. The lowest BCUT2D eigenvalue weighted by Gasteiger charge is -2.26. The van der Waals surface area contributed by atoms with Gasteiger partial charge in [-0.25, -0.2) is 0 Å². The second kappa shape index (κ2) is 10.5. The first kappa shape index (κ1) is 16.4. The quantitative estimate of drug-likeness (QED) is 0.489. The minimum atomic E-state index is 0.176. The molecule has 0 heterocycles. The lowest BCUT2D eigenvalue weighted by molar-refractivity contribution is 0.0134. The van der Waals surface area contributed by atoms with Crippen LogP contribution in [0.3, 0.4) is 0 Å². The number of allylic oxidation sites excluding steroid dienone is 2. The van der Waals surface area contributed by atoms with E-state index in [2.05, 4.69) is 57.3 Å². The zero-order chi connectivity index (χ0) is 13.1. The molecule has 0 aliphatic rings. The molecule has 17 heavy (non-hydrogen) atoms. The van der Waals surface area contributed by atoms with Crippen LogP contribution in [0.2, 0.25) is 0 Å². The molecule has 2 nitrogen and oxygen atoms in total. The van der Waals surface area contributed by atoms with Crippen LogP contribution in [0.15, 0.2) is 24.3 Å². The van der Waals surface area contributed by atoms with E-state index in [0.717, 1.165) is 19.4 Å². The van der Waals surface area contributed by atoms with E-state index in [9.17, 15) is 0 Å². The molecule has 0 aliphatic carbocycles. The van der Waals surface area contributed by atoms with Crippen molar-refractivity contribution in [3.05, 3.63) is 24.3 Å². The highest BCUT2D eigenvalue weighted by molar-refractivity contribution is 4.94. The molecule has 0 fully saturated rings. The number of hydrogen-bond acceptors (Lipinski definition) is 2. The van der Waals surface area contributed by atoms with Crippen LogP contribution in [0.1, 0.15) is 47.5 Å². The number of ether oxygens (including phenoxy) is 1. The van der Waals surface area contributed by atoms with Crippen molar-refractivity contribution in [1.82, 2.24) is 5.32 Å². The maximum absolute atomic E-state index is 5.93. The summed E-state index contributed by atoms with van der Waals surface area (Å²) in [6.07, 6.45) is 11.1. The second-order valence-electron chi connectivity index (χ2n) is 4.50. The van der Waals surface area contributed by atoms with Gasteiger partial charge in [-0.2, -0.15) is 0 Å². The van der Waals surface area contributed by atoms with Crippen LogP contribution in [0.4, 0.5) is 0 Å². The third-order valence-electron chi connectivity index (χ3n) is 2.60. The average molecular weight is 239 g/mol. The van der Waals surface area contributed by atoms with E-state index < -0.39 is 0 Å². The predicted octanol–water partition coefficient (Wildman–Crippen LogP) is 3.69. The molecule has 1 N–H and O–H groups in total. The fourth-order valence-electron chi connectivity index (χ4n) is 1.79. The van der Waals surface area contributed by atoms with E-state index in [1.807, 2.05) is 6.92 Å². The van der Waals surface area contributed by atoms with Gasteiger partial charge in [-0.3, -0.25) is 0 Å². The number of rotatable bonds is 9. The first-order valence-corrected chi connectivity index (χ1v) is 6.78. The van der Waals surface area contributed by atoms with Gasteiger partial charge >= 0.3 is 0 Å². The Morgan fingerprint density at radius 3 is 2.35 bits per heavy atom. The van der Waals surface area contributed by atoms with Gasteiger partial charge in [-0.1, -0.05) is 31.2 Å². The van der Waals surface area contributed by atoms with Crippen LogP contribution in [-0.4, -0.2) is 24.8 Å². The molecule has 0 bridgehead atoms. The monoisotopic (exact) mass is 239 g/mol. The standard InChI is InChI=1S/C15H29NO/c1-6-9-10-12-16-14(8-3)15(11-7-2)17-13(4)5/h6-7,9,11,13-16H,8,10,12H2,1-5H3/b9-6-,11-7-. The summed E-state index contributed by atoms with van der Waals surface area (Å²) in [6.45, 7) is 11.5. The minimum Gasteiger partial charge on any atom is -0.370 e. The van der Waals surface area contributed by atoms with Crippen molar-refractivity contribution in [2.45, 2.75) is 65.7 Å². The highest BCUT2D eigenvalue weighted by Crippen LogP contribution is 2.09. The van der Waals surface area contributed by atoms with Crippen LogP contribution >= 0.6 is 0 Å². The Morgan fingerprint density at radius 2 is 1.88 bits per heavy atom. The third-order valence-corrected chi connectivity index (χ3v) is 2.60. The molecule has 0 aromatic heterocycles. The van der Waals surface area contributed by atoms with E-state index in [0.29, 0.717) is 6.04 Å². The zero-order valence-corrected chi connectivity index (χ0v) is 12.1. The van der Waals surface area contributed by atoms with Crippen molar-refractivity contribution in [3.8, 4) is 0 Å². The highest BCUT2D eigenvalue weighted by Gasteiger charge is 2.18. The smallest absolute Gasteiger partial charge is 0.0912 e. The summed E-state index contributed by atoms with van der Waals surface area (Å²) in [6, 6.07) is 0.402. The Kier molecular flexibility index (Phi) is 10.2. The van der Waals surface area contributed by atoms with Crippen molar-refractivity contribution in [2.24, 2.45) is 0 Å². The first-order valence-electron chi connectivity index (χ1n) is 6.78. The molecular formula is C15H29NO. The SMILES string of the molecule is C/C=C\CCNC(CC)C(/C=C\C)OC(C)C. The number of nitrogens with one attached hydrogen (secondary N) is 1. The summed E-state index contributed by atoms with van der Waals surface area (Å²) >= 11 is 0. The van der Waals surface area contributed by atoms with Crippen molar-refractivity contribution in [2.75, 3.05) is 6.54 Å². The summed E-state index contributed by atoms with van der Waals surface area (Å²) in [5.74, 6) is 0. The van der Waals surface area contributed by atoms with E-state index in [-0.39, 0.29) is 12.2 Å². The normalized spacial score (nSPS) is 16.1. The molecule has 0 spiro atoms. The molecule has 2 heteroatoms. The molecule has 0 aromatic rings. The zero-order valence-electron chi connectivity index (χ0n) is 12.1. The molecule has 0 saturated heterocycles. The van der Waals surface area contributed by atoms with Crippen molar-refractivity contribution in [1.29, 1.82) is 0 Å². The lowest BCUT2D eigenvalue weighted by Crippen LogP contribution is -2.41. The summed E-state index contributed by atoms with van der Waals surface area (Å²) in [5.41, 5.74) is 0. The van der Waals surface area contributed by atoms with Crippen molar-refractivity contribution < 1.29 is 4.74 Å². The Balaban J connectivity index is 4.24. The van der Waals surface area contributed by atoms with Crippen LogP contribution < -0.4 is 5.32 Å². The van der Waals surface area contributed by atoms with Gasteiger partial charge in [0.2, 0.25) is 0 Å². The maximum atomic E-state index is 5.93. The third kappa shape index (κ3) is 8.17. The van der Waals surface area contributed by atoms with Crippen LogP contribution in [-0.2, 0) is 4.74 Å². The summed E-state index contributed by atoms with van der Waals surface area (Å²) in [5, 5.41) is 3.57. The molecule has 100 valence electrons. The Hall–Kier alpha value is -0.600. The first-order chi connectivity index (χ1) is 8.15. The van der Waals surface area contributed by atoms with Crippen LogP contribution in [0.5, 0.6) is 0 Å². The largest absolute Gasteiger partial charge is 0.370 e. The van der Waals surface area contributed by atoms with E-state index >= 15 is 0 Å². The van der Waals surface area contributed by atoms with Gasteiger partial charge in [0, 0.05) is 6.04 Å².